The lowest BCUT2D eigenvalue weighted by atomic mass is 10.4. The van der Waals surface area contributed by atoms with Gasteiger partial charge in [-0.1, -0.05) is 0 Å². The summed E-state index contributed by atoms with van der Waals surface area (Å²) in [6.07, 6.45) is -1.48. The zero-order valence-corrected chi connectivity index (χ0v) is 7.36. The SMILES string of the molecule is CC(OC(O)CCO)S(=O)(=O)O. The highest BCUT2D eigenvalue weighted by Crippen LogP contribution is 2.04. The van der Waals surface area contributed by atoms with Crippen molar-refractivity contribution >= 4 is 10.1 Å². The van der Waals surface area contributed by atoms with Gasteiger partial charge in [-0.2, -0.15) is 8.42 Å². The normalized spacial score (nSPS) is 17.3. The molecule has 0 fully saturated rings. The van der Waals surface area contributed by atoms with Gasteiger partial charge in [-0.3, -0.25) is 4.55 Å². The summed E-state index contributed by atoms with van der Waals surface area (Å²) in [5.41, 5.74) is -1.49. The fourth-order valence-corrected chi connectivity index (χ4v) is 0.739. The minimum atomic E-state index is -4.28. The van der Waals surface area contributed by atoms with Crippen LogP contribution >= 0.6 is 0 Å². The first-order chi connectivity index (χ1) is 5.38. The van der Waals surface area contributed by atoms with Crippen molar-refractivity contribution in [2.45, 2.75) is 25.1 Å². The second-order valence-corrected chi connectivity index (χ2v) is 3.88. The average molecular weight is 200 g/mol. The molecule has 0 aromatic rings. The molecule has 0 aliphatic heterocycles. The Morgan fingerprint density at radius 1 is 1.50 bits per heavy atom. The minimum Gasteiger partial charge on any atom is -0.396 e. The zero-order chi connectivity index (χ0) is 9.78. The van der Waals surface area contributed by atoms with Crippen molar-refractivity contribution in [3.8, 4) is 0 Å². The van der Waals surface area contributed by atoms with Crippen LogP contribution in [-0.4, -0.2) is 41.5 Å². The largest absolute Gasteiger partial charge is 0.396 e. The van der Waals surface area contributed by atoms with Gasteiger partial charge in [0.05, 0.1) is 0 Å². The molecule has 0 aromatic heterocycles. The smallest absolute Gasteiger partial charge is 0.292 e. The van der Waals surface area contributed by atoms with E-state index in [0.29, 0.717) is 0 Å². The van der Waals surface area contributed by atoms with Gasteiger partial charge in [-0.25, -0.2) is 0 Å². The van der Waals surface area contributed by atoms with Crippen molar-refractivity contribution in [3.63, 3.8) is 0 Å². The number of hydrogen-bond donors (Lipinski definition) is 3. The Balaban J connectivity index is 3.93. The van der Waals surface area contributed by atoms with Gasteiger partial charge >= 0.3 is 0 Å². The van der Waals surface area contributed by atoms with Gasteiger partial charge in [0.15, 0.2) is 11.7 Å². The highest BCUT2D eigenvalue weighted by Gasteiger charge is 2.20. The average Bonchev–Trinajstić information content (AvgIpc) is 1.85. The van der Waals surface area contributed by atoms with Gasteiger partial charge in [-0.05, 0) is 6.92 Å². The number of ether oxygens (including phenoxy) is 1. The Bertz CT molecular complexity index is 210. The number of aliphatic hydroxyl groups excluding tert-OH is 2. The Kier molecular flexibility index (Phi) is 4.64. The second kappa shape index (κ2) is 4.73. The molecule has 12 heavy (non-hydrogen) atoms. The molecule has 7 heteroatoms. The first-order valence-electron chi connectivity index (χ1n) is 3.28. The maximum absolute atomic E-state index is 10.3. The molecule has 2 atom stereocenters. The van der Waals surface area contributed by atoms with E-state index in [1.165, 1.54) is 0 Å². The molecule has 0 aliphatic rings. The summed E-state index contributed by atoms with van der Waals surface area (Å²) in [4.78, 5) is 0. The van der Waals surface area contributed by atoms with Crippen LogP contribution in [0, 0.1) is 0 Å². The standard InChI is InChI=1S/C5H12O6S/c1-4(12(8,9)10)11-5(7)2-3-6/h4-7H,2-3H2,1H3,(H,8,9,10). The summed E-state index contributed by atoms with van der Waals surface area (Å²) in [5.74, 6) is 0. The highest BCUT2D eigenvalue weighted by atomic mass is 32.2. The van der Waals surface area contributed by atoms with Crippen LogP contribution < -0.4 is 0 Å². The topological polar surface area (TPSA) is 104 Å². The van der Waals surface area contributed by atoms with Gasteiger partial charge in [0.2, 0.25) is 0 Å². The van der Waals surface area contributed by atoms with Crippen LogP contribution in [0.5, 0.6) is 0 Å². The highest BCUT2D eigenvalue weighted by molar-refractivity contribution is 7.86. The van der Waals surface area contributed by atoms with E-state index < -0.39 is 21.8 Å². The summed E-state index contributed by atoms with van der Waals surface area (Å²) < 4.78 is 33.4. The first kappa shape index (κ1) is 11.8. The van der Waals surface area contributed by atoms with Gasteiger partial charge in [-0.15, -0.1) is 0 Å². The summed E-state index contributed by atoms with van der Waals surface area (Å²) in [6.45, 7) is 0.759. The lowest BCUT2D eigenvalue weighted by molar-refractivity contribution is -0.118. The summed E-state index contributed by atoms with van der Waals surface area (Å²) in [6, 6.07) is 0. The van der Waals surface area contributed by atoms with Gasteiger partial charge < -0.3 is 14.9 Å². The lowest BCUT2D eigenvalue weighted by Gasteiger charge is -2.14. The first-order valence-corrected chi connectivity index (χ1v) is 4.79. The van der Waals surface area contributed by atoms with Crippen LogP contribution in [0.15, 0.2) is 0 Å². The van der Waals surface area contributed by atoms with E-state index in [1.807, 2.05) is 0 Å². The molecule has 0 bridgehead atoms. The summed E-state index contributed by atoms with van der Waals surface area (Å²) in [5, 5.41) is 17.1. The van der Waals surface area contributed by atoms with E-state index in [4.69, 9.17) is 14.8 Å². The maximum Gasteiger partial charge on any atom is 0.292 e. The van der Waals surface area contributed by atoms with Crippen LogP contribution in [-0.2, 0) is 14.9 Å². The van der Waals surface area contributed by atoms with Crippen LogP contribution in [0.3, 0.4) is 0 Å². The molecule has 74 valence electrons. The van der Waals surface area contributed by atoms with Crippen molar-refractivity contribution in [2.75, 3.05) is 6.61 Å². The van der Waals surface area contributed by atoms with E-state index >= 15 is 0 Å². The van der Waals surface area contributed by atoms with Crippen molar-refractivity contribution in [2.24, 2.45) is 0 Å². The fourth-order valence-electron chi connectivity index (χ4n) is 0.470. The zero-order valence-electron chi connectivity index (χ0n) is 6.54. The summed E-state index contributed by atoms with van der Waals surface area (Å²) >= 11 is 0. The Morgan fingerprint density at radius 3 is 2.33 bits per heavy atom. The molecule has 0 aromatic carbocycles. The monoisotopic (exact) mass is 200 g/mol. The third-order valence-corrected chi connectivity index (χ3v) is 2.09. The molecule has 3 N–H and O–H groups in total. The summed E-state index contributed by atoms with van der Waals surface area (Å²) in [7, 11) is -4.28. The maximum atomic E-state index is 10.3. The lowest BCUT2D eigenvalue weighted by Crippen LogP contribution is -2.27. The van der Waals surface area contributed by atoms with Gasteiger partial charge in [0.25, 0.3) is 10.1 Å². The third kappa shape index (κ3) is 4.62. The fraction of sp³-hybridized carbons (Fsp3) is 1.00. The van der Waals surface area contributed by atoms with Crippen molar-refractivity contribution in [3.05, 3.63) is 0 Å². The van der Waals surface area contributed by atoms with E-state index in [-0.39, 0.29) is 13.0 Å². The van der Waals surface area contributed by atoms with Crippen molar-refractivity contribution < 1.29 is 27.9 Å². The molecule has 0 amide bonds. The number of rotatable bonds is 5. The molecule has 0 heterocycles. The van der Waals surface area contributed by atoms with Crippen molar-refractivity contribution in [1.82, 2.24) is 0 Å². The van der Waals surface area contributed by atoms with Gasteiger partial charge in [0.1, 0.15) is 0 Å². The molecule has 0 radical (unpaired) electrons. The van der Waals surface area contributed by atoms with E-state index in [0.717, 1.165) is 6.92 Å². The molecule has 0 spiro atoms. The molecular formula is C5H12O6S. The van der Waals surface area contributed by atoms with E-state index in [2.05, 4.69) is 4.74 Å². The third-order valence-electron chi connectivity index (χ3n) is 1.14. The quantitative estimate of drug-likeness (QED) is 0.386. The van der Waals surface area contributed by atoms with Crippen LogP contribution in [0.25, 0.3) is 0 Å². The predicted octanol–water partition coefficient (Wildman–Crippen LogP) is -1.06. The van der Waals surface area contributed by atoms with Crippen LogP contribution in [0.2, 0.25) is 0 Å². The molecule has 0 saturated heterocycles. The second-order valence-electron chi connectivity index (χ2n) is 2.19. The molecule has 2 unspecified atom stereocenters. The molecule has 0 rings (SSSR count). The molecule has 0 aliphatic carbocycles. The van der Waals surface area contributed by atoms with Crippen LogP contribution in [0.1, 0.15) is 13.3 Å². The van der Waals surface area contributed by atoms with Crippen molar-refractivity contribution in [1.29, 1.82) is 0 Å². The Hall–Kier alpha value is -0.210. The minimum absolute atomic E-state index is 0.0974. The van der Waals surface area contributed by atoms with Gasteiger partial charge in [0, 0.05) is 13.0 Å². The number of hydrogen-bond acceptors (Lipinski definition) is 5. The van der Waals surface area contributed by atoms with E-state index in [1.54, 1.807) is 0 Å². The predicted molar refractivity (Wildman–Crippen MR) is 39.8 cm³/mol. The molecular weight excluding hydrogens is 188 g/mol. The van der Waals surface area contributed by atoms with Crippen LogP contribution in [0.4, 0.5) is 0 Å². The molecule has 6 nitrogen and oxygen atoms in total. The Labute approximate surface area is 70.5 Å². The Morgan fingerprint density at radius 2 is 2.00 bits per heavy atom. The molecule has 0 saturated carbocycles. The van der Waals surface area contributed by atoms with E-state index in [9.17, 15) is 8.42 Å². The number of aliphatic hydroxyl groups is 2.